The first-order valence-electron chi connectivity index (χ1n) is 5.46. The molecule has 1 N–H and O–H groups in total. The van der Waals surface area contributed by atoms with E-state index in [0.717, 1.165) is 11.1 Å². The van der Waals surface area contributed by atoms with Gasteiger partial charge in [0.1, 0.15) is 5.82 Å². The molecular weight excluding hydrogens is 212 g/mol. The summed E-state index contributed by atoms with van der Waals surface area (Å²) in [4.78, 5) is 16.1. The number of aryl methyl sites for hydroxylation is 2. The van der Waals surface area contributed by atoms with Crippen LogP contribution < -0.4 is 5.32 Å². The third-order valence-electron chi connectivity index (χ3n) is 2.56. The van der Waals surface area contributed by atoms with E-state index in [-0.39, 0.29) is 5.91 Å². The van der Waals surface area contributed by atoms with Crippen LogP contribution in [0, 0.1) is 13.8 Å². The van der Waals surface area contributed by atoms with Crippen LogP contribution in [0.15, 0.2) is 42.6 Å². The van der Waals surface area contributed by atoms with Gasteiger partial charge in [0.25, 0.3) is 5.91 Å². The van der Waals surface area contributed by atoms with E-state index in [9.17, 15) is 4.79 Å². The number of hydrogen-bond acceptors (Lipinski definition) is 2. The van der Waals surface area contributed by atoms with Gasteiger partial charge >= 0.3 is 0 Å². The number of aromatic nitrogens is 1. The lowest BCUT2D eigenvalue weighted by atomic mass is 10.1. The number of carbonyl (C=O) groups is 1. The number of nitrogens with zero attached hydrogens (tertiary/aromatic N) is 1. The maximum Gasteiger partial charge on any atom is 0.256 e. The molecule has 0 aliphatic heterocycles. The number of anilines is 1. The second-order valence-electron chi connectivity index (χ2n) is 3.99. The van der Waals surface area contributed by atoms with Crippen molar-refractivity contribution in [1.29, 1.82) is 0 Å². The summed E-state index contributed by atoms with van der Waals surface area (Å²) in [6.45, 7) is 3.91. The lowest BCUT2D eigenvalue weighted by Gasteiger charge is -2.06. The van der Waals surface area contributed by atoms with Gasteiger partial charge in [0.15, 0.2) is 0 Å². The lowest BCUT2D eigenvalue weighted by molar-refractivity contribution is 0.102. The second kappa shape index (κ2) is 4.78. The largest absolute Gasteiger partial charge is 0.306 e. The fraction of sp³-hybridized carbons (Fsp3) is 0.143. The molecule has 2 aromatic rings. The van der Waals surface area contributed by atoms with Gasteiger partial charge in [0.05, 0.1) is 0 Å². The van der Waals surface area contributed by atoms with E-state index in [1.165, 1.54) is 0 Å². The summed E-state index contributed by atoms with van der Waals surface area (Å²) in [7, 11) is 0. The van der Waals surface area contributed by atoms with Gasteiger partial charge in [-0.3, -0.25) is 4.79 Å². The number of amides is 1. The van der Waals surface area contributed by atoms with E-state index in [4.69, 9.17) is 0 Å². The fourth-order valence-electron chi connectivity index (χ4n) is 1.50. The molecule has 3 heteroatoms. The molecule has 0 saturated carbocycles. The third-order valence-corrected chi connectivity index (χ3v) is 2.56. The summed E-state index contributed by atoms with van der Waals surface area (Å²) in [5.74, 6) is 0.477. The molecule has 0 spiro atoms. The van der Waals surface area contributed by atoms with Crippen LogP contribution in [0.4, 0.5) is 5.82 Å². The minimum absolute atomic E-state index is 0.133. The average Bonchev–Trinajstić information content (AvgIpc) is 2.33. The van der Waals surface area contributed by atoms with Crippen molar-refractivity contribution in [2.24, 2.45) is 0 Å². The van der Waals surface area contributed by atoms with Crippen LogP contribution >= 0.6 is 0 Å². The van der Waals surface area contributed by atoms with Crippen molar-refractivity contribution in [2.45, 2.75) is 13.8 Å². The first-order valence-corrected chi connectivity index (χ1v) is 5.46. The highest BCUT2D eigenvalue weighted by atomic mass is 16.1. The SMILES string of the molecule is Cc1ccc(C(=O)Nc2ncccc2C)cc1. The van der Waals surface area contributed by atoms with E-state index in [0.29, 0.717) is 11.4 Å². The number of benzene rings is 1. The molecular formula is C14H14N2O. The van der Waals surface area contributed by atoms with Crippen molar-refractivity contribution in [3.63, 3.8) is 0 Å². The standard InChI is InChI=1S/C14H14N2O/c1-10-5-7-12(8-6-10)14(17)16-13-11(2)4-3-9-15-13/h3-9H,1-2H3,(H,15,16,17). The summed E-state index contributed by atoms with van der Waals surface area (Å²) in [5, 5.41) is 2.80. The second-order valence-corrected chi connectivity index (χ2v) is 3.99. The van der Waals surface area contributed by atoms with Crippen molar-refractivity contribution in [1.82, 2.24) is 4.98 Å². The molecule has 86 valence electrons. The van der Waals surface area contributed by atoms with Crippen molar-refractivity contribution < 1.29 is 4.79 Å². The summed E-state index contributed by atoms with van der Waals surface area (Å²) >= 11 is 0. The van der Waals surface area contributed by atoms with E-state index >= 15 is 0 Å². The molecule has 0 saturated heterocycles. The van der Waals surface area contributed by atoms with Crippen LogP contribution in [0.25, 0.3) is 0 Å². The molecule has 1 aromatic carbocycles. The first kappa shape index (κ1) is 11.3. The number of rotatable bonds is 2. The zero-order valence-electron chi connectivity index (χ0n) is 9.90. The van der Waals surface area contributed by atoms with Gasteiger partial charge in [-0.15, -0.1) is 0 Å². The highest BCUT2D eigenvalue weighted by Gasteiger charge is 2.07. The number of nitrogens with one attached hydrogen (secondary N) is 1. The smallest absolute Gasteiger partial charge is 0.256 e. The zero-order valence-corrected chi connectivity index (χ0v) is 9.90. The fourth-order valence-corrected chi connectivity index (χ4v) is 1.50. The van der Waals surface area contributed by atoms with Gasteiger partial charge in [-0.1, -0.05) is 23.8 Å². The summed E-state index contributed by atoms with van der Waals surface area (Å²) in [6.07, 6.45) is 1.66. The molecule has 0 radical (unpaired) electrons. The highest BCUT2D eigenvalue weighted by Crippen LogP contribution is 2.11. The van der Waals surface area contributed by atoms with Crippen LogP contribution in [0.2, 0.25) is 0 Å². The normalized spacial score (nSPS) is 10.0. The lowest BCUT2D eigenvalue weighted by Crippen LogP contribution is -2.13. The molecule has 0 bridgehead atoms. The molecule has 0 fully saturated rings. The Morgan fingerprint density at radius 2 is 1.82 bits per heavy atom. The third kappa shape index (κ3) is 2.69. The molecule has 3 nitrogen and oxygen atoms in total. The topological polar surface area (TPSA) is 42.0 Å². The molecule has 0 unspecified atom stereocenters. The van der Waals surface area contributed by atoms with E-state index in [2.05, 4.69) is 10.3 Å². The predicted molar refractivity (Wildman–Crippen MR) is 68.1 cm³/mol. The van der Waals surface area contributed by atoms with Gasteiger partial charge in [-0.2, -0.15) is 0 Å². The monoisotopic (exact) mass is 226 g/mol. The highest BCUT2D eigenvalue weighted by molar-refractivity contribution is 6.04. The number of hydrogen-bond donors (Lipinski definition) is 1. The Bertz CT molecular complexity index is 532. The summed E-state index contributed by atoms with van der Waals surface area (Å²) in [6, 6.07) is 11.2. The molecule has 1 amide bonds. The van der Waals surface area contributed by atoms with Gasteiger partial charge in [0.2, 0.25) is 0 Å². The minimum Gasteiger partial charge on any atom is -0.306 e. The van der Waals surface area contributed by atoms with E-state index in [1.54, 1.807) is 6.20 Å². The van der Waals surface area contributed by atoms with Crippen LogP contribution in [-0.4, -0.2) is 10.9 Å². The van der Waals surface area contributed by atoms with Crippen molar-refractivity contribution >= 4 is 11.7 Å². The van der Waals surface area contributed by atoms with Gasteiger partial charge in [-0.25, -0.2) is 4.98 Å². The number of carbonyl (C=O) groups excluding carboxylic acids is 1. The van der Waals surface area contributed by atoms with Crippen LogP contribution in [0.3, 0.4) is 0 Å². The van der Waals surface area contributed by atoms with E-state index in [1.807, 2.05) is 50.2 Å². The van der Waals surface area contributed by atoms with Gasteiger partial charge in [-0.05, 0) is 37.6 Å². The molecule has 0 aliphatic carbocycles. The Hall–Kier alpha value is -2.16. The minimum atomic E-state index is -0.133. The van der Waals surface area contributed by atoms with Gasteiger partial charge in [0, 0.05) is 11.8 Å². The molecule has 0 aliphatic rings. The molecule has 1 heterocycles. The van der Waals surface area contributed by atoms with Crippen LogP contribution in [0.5, 0.6) is 0 Å². The molecule has 17 heavy (non-hydrogen) atoms. The van der Waals surface area contributed by atoms with Crippen molar-refractivity contribution in [3.05, 3.63) is 59.3 Å². The quantitative estimate of drug-likeness (QED) is 0.855. The first-order chi connectivity index (χ1) is 8.16. The van der Waals surface area contributed by atoms with Crippen LogP contribution in [-0.2, 0) is 0 Å². The maximum atomic E-state index is 11.9. The Labute approximate surface area is 101 Å². The Kier molecular flexibility index (Phi) is 3.19. The Morgan fingerprint density at radius 1 is 1.12 bits per heavy atom. The van der Waals surface area contributed by atoms with Crippen LogP contribution in [0.1, 0.15) is 21.5 Å². The van der Waals surface area contributed by atoms with Crippen molar-refractivity contribution in [3.8, 4) is 0 Å². The zero-order chi connectivity index (χ0) is 12.3. The average molecular weight is 226 g/mol. The summed E-state index contributed by atoms with van der Waals surface area (Å²) in [5.41, 5.74) is 2.73. The Morgan fingerprint density at radius 3 is 2.47 bits per heavy atom. The molecule has 1 aromatic heterocycles. The summed E-state index contributed by atoms with van der Waals surface area (Å²) < 4.78 is 0. The predicted octanol–water partition coefficient (Wildman–Crippen LogP) is 2.95. The van der Waals surface area contributed by atoms with E-state index < -0.39 is 0 Å². The molecule has 0 atom stereocenters. The maximum absolute atomic E-state index is 11.9. The molecule has 2 rings (SSSR count). The van der Waals surface area contributed by atoms with Gasteiger partial charge < -0.3 is 5.32 Å². The van der Waals surface area contributed by atoms with Crippen molar-refractivity contribution in [2.75, 3.05) is 5.32 Å². The number of pyridine rings is 1. The Balaban J connectivity index is 2.17.